The summed E-state index contributed by atoms with van der Waals surface area (Å²) in [6.45, 7) is 1.22. The lowest BCUT2D eigenvalue weighted by atomic mass is 9.92. The largest absolute Gasteiger partial charge is 0.480 e. The Morgan fingerprint density at radius 2 is 2.07 bits per heavy atom. The highest BCUT2D eigenvalue weighted by molar-refractivity contribution is 5.81. The number of nitro groups is 1. The van der Waals surface area contributed by atoms with Crippen molar-refractivity contribution in [2.24, 2.45) is 5.73 Å². The third-order valence-electron chi connectivity index (χ3n) is 2.10. The maximum absolute atomic E-state index is 10.8. The molecule has 1 rings (SSSR count). The Morgan fingerprint density at radius 3 is 2.53 bits per heavy atom. The standard InChI is InChI=1S/C9H10N2O4/c1-9(10,8(12)13)6-4-2-3-5-7(6)11(14)15/h2-5H,10H2,1H3,(H,12,13). The topological polar surface area (TPSA) is 106 Å². The second-order valence-corrected chi connectivity index (χ2v) is 3.28. The molecule has 0 aliphatic carbocycles. The van der Waals surface area contributed by atoms with Gasteiger partial charge in [0, 0.05) is 6.07 Å². The van der Waals surface area contributed by atoms with Gasteiger partial charge in [-0.2, -0.15) is 0 Å². The Labute approximate surface area is 85.5 Å². The first-order chi connectivity index (χ1) is 6.87. The number of aliphatic carboxylic acids is 1. The van der Waals surface area contributed by atoms with Crippen molar-refractivity contribution in [1.82, 2.24) is 0 Å². The summed E-state index contributed by atoms with van der Waals surface area (Å²) in [5.41, 5.74) is 3.46. The van der Waals surface area contributed by atoms with Crippen LogP contribution in [0.3, 0.4) is 0 Å². The Hall–Kier alpha value is -1.95. The lowest BCUT2D eigenvalue weighted by Crippen LogP contribution is -2.42. The Morgan fingerprint density at radius 1 is 1.53 bits per heavy atom. The van der Waals surface area contributed by atoms with Crippen LogP contribution < -0.4 is 5.73 Å². The molecule has 6 heteroatoms. The quantitative estimate of drug-likeness (QED) is 0.568. The molecule has 0 amide bonds. The van der Waals surface area contributed by atoms with Crippen molar-refractivity contribution in [2.45, 2.75) is 12.5 Å². The van der Waals surface area contributed by atoms with Crippen molar-refractivity contribution in [3.05, 3.63) is 39.9 Å². The zero-order valence-electron chi connectivity index (χ0n) is 8.01. The minimum absolute atomic E-state index is 0.0116. The van der Waals surface area contributed by atoms with Gasteiger partial charge >= 0.3 is 5.97 Å². The van der Waals surface area contributed by atoms with Gasteiger partial charge in [0.25, 0.3) is 5.69 Å². The second kappa shape index (κ2) is 3.66. The molecule has 1 unspecified atom stereocenters. The van der Waals surface area contributed by atoms with Gasteiger partial charge in [0.05, 0.1) is 10.5 Å². The van der Waals surface area contributed by atoms with Crippen molar-refractivity contribution < 1.29 is 14.8 Å². The third kappa shape index (κ3) is 1.94. The summed E-state index contributed by atoms with van der Waals surface area (Å²) in [6.07, 6.45) is 0. The van der Waals surface area contributed by atoms with Crippen LogP contribution in [0, 0.1) is 10.1 Å². The van der Waals surface area contributed by atoms with E-state index in [-0.39, 0.29) is 11.3 Å². The first kappa shape index (κ1) is 11.1. The SMILES string of the molecule is CC(N)(C(=O)O)c1ccccc1[N+](=O)[O-]. The number of carboxylic acid groups (broad SMARTS) is 1. The first-order valence-electron chi connectivity index (χ1n) is 4.13. The molecule has 6 nitrogen and oxygen atoms in total. The average Bonchev–Trinajstić information content (AvgIpc) is 2.17. The number of nitrogens with two attached hydrogens (primary N) is 1. The number of hydrogen-bond donors (Lipinski definition) is 2. The van der Waals surface area contributed by atoms with Gasteiger partial charge < -0.3 is 10.8 Å². The normalized spacial score (nSPS) is 14.3. The summed E-state index contributed by atoms with van der Waals surface area (Å²) in [7, 11) is 0. The van der Waals surface area contributed by atoms with E-state index in [1.807, 2.05) is 0 Å². The molecule has 0 aliphatic heterocycles. The first-order valence-corrected chi connectivity index (χ1v) is 4.13. The van der Waals surface area contributed by atoms with E-state index in [9.17, 15) is 14.9 Å². The summed E-state index contributed by atoms with van der Waals surface area (Å²) in [4.78, 5) is 20.8. The van der Waals surface area contributed by atoms with Gasteiger partial charge in [-0.05, 0) is 13.0 Å². The van der Waals surface area contributed by atoms with E-state index in [0.29, 0.717) is 0 Å². The molecule has 0 heterocycles. The van der Waals surface area contributed by atoms with Crippen molar-refractivity contribution in [3.8, 4) is 0 Å². The Balaban J connectivity index is 3.37. The lowest BCUT2D eigenvalue weighted by Gasteiger charge is -2.19. The van der Waals surface area contributed by atoms with E-state index in [1.165, 1.54) is 31.2 Å². The van der Waals surface area contributed by atoms with Gasteiger partial charge in [-0.1, -0.05) is 12.1 Å². The molecule has 3 N–H and O–H groups in total. The molecule has 0 aromatic heterocycles. The van der Waals surface area contributed by atoms with Crippen LogP contribution in [0.2, 0.25) is 0 Å². The predicted molar refractivity (Wildman–Crippen MR) is 52.3 cm³/mol. The van der Waals surface area contributed by atoms with Gasteiger partial charge in [-0.25, -0.2) is 4.79 Å². The summed E-state index contributed by atoms with van der Waals surface area (Å²) >= 11 is 0. The molecular formula is C9H10N2O4. The molecule has 0 saturated carbocycles. The van der Waals surface area contributed by atoms with Gasteiger partial charge in [0.2, 0.25) is 0 Å². The van der Waals surface area contributed by atoms with Crippen LogP contribution in [-0.2, 0) is 10.3 Å². The minimum atomic E-state index is -1.76. The van der Waals surface area contributed by atoms with E-state index >= 15 is 0 Å². The summed E-state index contributed by atoms with van der Waals surface area (Å²) in [6, 6.07) is 5.53. The van der Waals surface area contributed by atoms with Gasteiger partial charge in [-0.15, -0.1) is 0 Å². The third-order valence-corrected chi connectivity index (χ3v) is 2.10. The zero-order chi connectivity index (χ0) is 11.6. The smallest absolute Gasteiger partial charge is 0.328 e. The van der Waals surface area contributed by atoms with Crippen LogP contribution in [0.15, 0.2) is 24.3 Å². The van der Waals surface area contributed by atoms with Crippen LogP contribution >= 0.6 is 0 Å². The van der Waals surface area contributed by atoms with Gasteiger partial charge in [-0.3, -0.25) is 10.1 Å². The van der Waals surface area contributed by atoms with Crippen molar-refractivity contribution >= 4 is 11.7 Å². The van der Waals surface area contributed by atoms with Crippen LogP contribution in [0.5, 0.6) is 0 Å². The lowest BCUT2D eigenvalue weighted by molar-refractivity contribution is -0.386. The number of carbonyl (C=O) groups is 1. The number of para-hydroxylation sites is 1. The molecule has 1 aromatic carbocycles. The average molecular weight is 210 g/mol. The van der Waals surface area contributed by atoms with Crippen molar-refractivity contribution in [3.63, 3.8) is 0 Å². The number of carboxylic acids is 1. The predicted octanol–water partition coefficient (Wildman–Crippen LogP) is 0.853. The van der Waals surface area contributed by atoms with Crippen LogP contribution in [0.1, 0.15) is 12.5 Å². The van der Waals surface area contributed by atoms with Gasteiger partial charge in [0.1, 0.15) is 5.54 Å². The fourth-order valence-corrected chi connectivity index (χ4v) is 1.19. The molecular weight excluding hydrogens is 200 g/mol. The highest BCUT2D eigenvalue weighted by Gasteiger charge is 2.36. The second-order valence-electron chi connectivity index (χ2n) is 3.28. The maximum atomic E-state index is 10.8. The molecule has 1 aromatic rings. The van der Waals surface area contributed by atoms with E-state index in [4.69, 9.17) is 10.8 Å². The number of hydrogen-bond acceptors (Lipinski definition) is 4. The highest BCUT2D eigenvalue weighted by atomic mass is 16.6. The summed E-state index contributed by atoms with van der Waals surface area (Å²) < 4.78 is 0. The van der Waals surface area contributed by atoms with Crippen molar-refractivity contribution in [1.29, 1.82) is 0 Å². The molecule has 0 saturated heterocycles. The molecule has 80 valence electrons. The van der Waals surface area contributed by atoms with Crippen molar-refractivity contribution in [2.75, 3.05) is 0 Å². The number of benzene rings is 1. The zero-order valence-corrected chi connectivity index (χ0v) is 8.01. The molecule has 0 radical (unpaired) electrons. The maximum Gasteiger partial charge on any atom is 0.328 e. The van der Waals surface area contributed by atoms with E-state index in [0.717, 1.165) is 0 Å². The Kier molecular flexibility index (Phi) is 2.71. The molecule has 1 atom stereocenters. The number of rotatable bonds is 3. The van der Waals surface area contributed by atoms with E-state index in [2.05, 4.69) is 0 Å². The monoisotopic (exact) mass is 210 g/mol. The number of nitrogens with zero attached hydrogens (tertiary/aromatic N) is 1. The minimum Gasteiger partial charge on any atom is -0.480 e. The molecule has 0 aliphatic rings. The summed E-state index contributed by atoms with van der Waals surface area (Å²) in [5.74, 6) is -1.31. The molecule has 0 fully saturated rings. The van der Waals surface area contributed by atoms with Gasteiger partial charge in [0.15, 0.2) is 0 Å². The van der Waals surface area contributed by atoms with Crippen LogP contribution in [0.25, 0.3) is 0 Å². The number of nitro benzene ring substituents is 1. The Bertz CT molecular complexity index is 414. The summed E-state index contributed by atoms with van der Waals surface area (Å²) in [5, 5.41) is 19.5. The van der Waals surface area contributed by atoms with E-state index < -0.39 is 16.4 Å². The fourth-order valence-electron chi connectivity index (χ4n) is 1.19. The fraction of sp³-hybridized carbons (Fsp3) is 0.222. The highest BCUT2D eigenvalue weighted by Crippen LogP contribution is 2.27. The van der Waals surface area contributed by atoms with Crippen LogP contribution in [-0.4, -0.2) is 16.0 Å². The van der Waals surface area contributed by atoms with Crippen LogP contribution in [0.4, 0.5) is 5.69 Å². The van der Waals surface area contributed by atoms with E-state index in [1.54, 1.807) is 0 Å². The molecule has 0 spiro atoms. The molecule has 15 heavy (non-hydrogen) atoms. The molecule has 0 bridgehead atoms.